The predicted molar refractivity (Wildman–Crippen MR) is 77.9 cm³/mol. The average molecular weight is 328 g/mol. The molecule has 2 rings (SSSR count). The lowest BCUT2D eigenvalue weighted by Gasteiger charge is -2.11. The van der Waals surface area contributed by atoms with E-state index in [9.17, 15) is 22.0 Å². The summed E-state index contributed by atoms with van der Waals surface area (Å²) < 4.78 is 72.9. The molecule has 0 radical (unpaired) electrons. The molecule has 0 aliphatic carbocycles. The van der Waals surface area contributed by atoms with Crippen molar-refractivity contribution < 1.29 is 26.7 Å². The Balaban J connectivity index is 2.53. The summed E-state index contributed by atoms with van der Waals surface area (Å²) in [6, 6.07) is 4.52. The third-order valence-corrected chi connectivity index (χ3v) is 3.14. The summed E-state index contributed by atoms with van der Waals surface area (Å²) in [6.45, 7) is 0.903. The molecule has 0 amide bonds. The number of benzene rings is 2. The summed E-state index contributed by atoms with van der Waals surface area (Å²) in [4.78, 5) is 0. The van der Waals surface area contributed by atoms with Crippen LogP contribution in [-0.4, -0.2) is 13.3 Å². The van der Waals surface area contributed by atoms with Crippen molar-refractivity contribution in [3.63, 3.8) is 0 Å². The van der Waals surface area contributed by atoms with Gasteiger partial charge in [0.05, 0.1) is 6.61 Å². The number of allylic oxidation sites excluding steroid dienone is 1. The molecule has 0 atom stereocenters. The molecule has 0 fully saturated rings. The molecule has 2 aromatic rings. The fourth-order valence-electron chi connectivity index (χ4n) is 2.08. The standard InChI is InChI=1S/C17H13F5O/c1-2-23-13-8-7-12(16(21)17(13)22)11-6-5-10(4-3-9-18)14(19)15(11)20/h3-8H,2,9H2,1H3/b4-3+. The fraction of sp³-hybridized carbons (Fsp3) is 0.176. The highest BCUT2D eigenvalue weighted by Crippen LogP contribution is 2.33. The minimum atomic E-state index is -1.34. The smallest absolute Gasteiger partial charge is 0.201 e. The van der Waals surface area contributed by atoms with E-state index >= 15 is 0 Å². The van der Waals surface area contributed by atoms with E-state index < -0.39 is 41.1 Å². The maximum absolute atomic E-state index is 14.1. The first kappa shape index (κ1) is 17.0. The second kappa shape index (κ2) is 7.26. The zero-order chi connectivity index (χ0) is 17.0. The molecule has 0 aromatic heterocycles. The third kappa shape index (κ3) is 3.36. The summed E-state index contributed by atoms with van der Waals surface area (Å²) in [5, 5.41) is 0. The molecule has 0 N–H and O–H groups in total. The first-order chi connectivity index (χ1) is 11.0. The number of hydrogen-bond acceptors (Lipinski definition) is 1. The maximum atomic E-state index is 14.1. The molecule has 122 valence electrons. The third-order valence-electron chi connectivity index (χ3n) is 3.14. The minimum Gasteiger partial charge on any atom is -0.491 e. The van der Waals surface area contributed by atoms with Crippen LogP contribution in [0.15, 0.2) is 30.3 Å². The molecule has 0 saturated carbocycles. The van der Waals surface area contributed by atoms with Gasteiger partial charge in [0.2, 0.25) is 5.82 Å². The number of rotatable bonds is 5. The van der Waals surface area contributed by atoms with E-state index in [0.717, 1.165) is 36.4 Å². The summed E-state index contributed by atoms with van der Waals surface area (Å²) in [7, 11) is 0. The zero-order valence-corrected chi connectivity index (χ0v) is 12.2. The van der Waals surface area contributed by atoms with Gasteiger partial charge in [-0.1, -0.05) is 24.3 Å². The molecule has 6 heteroatoms. The predicted octanol–water partition coefficient (Wildman–Crippen LogP) is 5.29. The number of hydrogen-bond donors (Lipinski definition) is 0. The Morgan fingerprint density at radius 2 is 1.48 bits per heavy atom. The molecule has 0 aliphatic heterocycles. The first-order valence-electron chi connectivity index (χ1n) is 6.82. The van der Waals surface area contributed by atoms with Crippen molar-refractivity contribution in [2.45, 2.75) is 6.92 Å². The van der Waals surface area contributed by atoms with Gasteiger partial charge in [-0.15, -0.1) is 0 Å². The summed E-state index contributed by atoms with van der Waals surface area (Å²) in [6.07, 6.45) is 2.08. The molecular weight excluding hydrogens is 315 g/mol. The van der Waals surface area contributed by atoms with Gasteiger partial charge in [-0.3, -0.25) is 0 Å². The van der Waals surface area contributed by atoms with E-state index in [0.29, 0.717) is 0 Å². The quantitative estimate of drug-likeness (QED) is 0.678. The van der Waals surface area contributed by atoms with Gasteiger partial charge in [-0.05, 0) is 19.1 Å². The van der Waals surface area contributed by atoms with Crippen LogP contribution in [0.2, 0.25) is 0 Å². The van der Waals surface area contributed by atoms with Gasteiger partial charge in [-0.2, -0.15) is 4.39 Å². The van der Waals surface area contributed by atoms with Crippen molar-refractivity contribution in [3.8, 4) is 16.9 Å². The van der Waals surface area contributed by atoms with Gasteiger partial charge < -0.3 is 4.74 Å². The lowest BCUT2D eigenvalue weighted by Crippen LogP contribution is -2.00. The Labute approximate surface area is 130 Å². The van der Waals surface area contributed by atoms with Crippen LogP contribution < -0.4 is 4.74 Å². The van der Waals surface area contributed by atoms with Crippen molar-refractivity contribution in [1.82, 2.24) is 0 Å². The molecule has 2 aromatic carbocycles. The van der Waals surface area contributed by atoms with Crippen LogP contribution in [0.4, 0.5) is 22.0 Å². The van der Waals surface area contributed by atoms with Gasteiger partial charge in [0.15, 0.2) is 23.2 Å². The van der Waals surface area contributed by atoms with Crippen LogP contribution in [0, 0.1) is 23.3 Å². The number of halogens is 5. The SMILES string of the molecule is CCOc1ccc(-c2ccc(/C=C/CF)c(F)c2F)c(F)c1F. The lowest BCUT2D eigenvalue weighted by molar-refractivity contribution is 0.314. The van der Waals surface area contributed by atoms with Gasteiger partial charge in [0, 0.05) is 16.7 Å². The lowest BCUT2D eigenvalue weighted by atomic mass is 10.0. The molecule has 0 saturated heterocycles. The topological polar surface area (TPSA) is 9.23 Å². The number of alkyl halides is 1. The fourth-order valence-corrected chi connectivity index (χ4v) is 2.08. The Morgan fingerprint density at radius 1 is 0.870 bits per heavy atom. The van der Waals surface area contributed by atoms with Gasteiger partial charge in [0.1, 0.15) is 6.67 Å². The van der Waals surface area contributed by atoms with Gasteiger partial charge in [-0.25, -0.2) is 17.6 Å². The van der Waals surface area contributed by atoms with Crippen LogP contribution in [-0.2, 0) is 0 Å². The van der Waals surface area contributed by atoms with Crippen molar-refractivity contribution in [3.05, 3.63) is 59.2 Å². The van der Waals surface area contributed by atoms with Crippen molar-refractivity contribution in [1.29, 1.82) is 0 Å². The van der Waals surface area contributed by atoms with Crippen molar-refractivity contribution in [2.24, 2.45) is 0 Å². The van der Waals surface area contributed by atoms with Gasteiger partial charge >= 0.3 is 0 Å². The Hall–Kier alpha value is -2.37. The van der Waals surface area contributed by atoms with Crippen LogP contribution in [0.5, 0.6) is 5.75 Å². The molecular formula is C17H13F5O. The van der Waals surface area contributed by atoms with Crippen molar-refractivity contribution in [2.75, 3.05) is 13.3 Å². The largest absolute Gasteiger partial charge is 0.491 e. The highest BCUT2D eigenvalue weighted by atomic mass is 19.2. The van der Waals surface area contributed by atoms with Crippen LogP contribution in [0.1, 0.15) is 12.5 Å². The minimum absolute atomic E-state index is 0.133. The second-order valence-electron chi connectivity index (χ2n) is 4.56. The number of ether oxygens (including phenoxy) is 1. The van der Waals surface area contributed by atoms with E-state index in [-0.39, 0.29) is 17.9 Å². The normalized spacial score (nSPS) is 11.2. The summed E-state index contributed by atoms with van der Waals surface area (Å²) in [5.74, 6) is -5.52. The van der Waals surface area contributed by atoms with E-state index in [2.05, 4.69) is 0 Å². The van der Waals surface area contributed by atoms with Crippen molar-refractivity contribution >= 4 is 6.08 Å². The van der Waals surface area contributed by atoms with E-state index in [1.165, 1.54) is 0 Å². The molecule has 0 bridgehead atoms. The Morgan fingerprint density at radius 3 is 2.09 bits per heavy atom. The Kier molecular flexibility index (Phi) is 5.36. The molecule has 0 heterocycles. The first-order valence-corrected chi connectivity index (χ1v) is 6.82. The van der Waals surface area contributed by atoms with Crippen LogP contribution >= 0.6 is 0 Å². The molecule has 0 aliphatic rings. The average Bonchev–Trinajstić information content (AvgIpc) is 2.54. The van der Waals surface area contributed by atoms with E-state index in [1.54, 1.807) is 6.92 Å². The highest BCUT2D eigenvalue weighted by molar-refractivity contribution is 5.68. The van der Waals surface area contributed by atoms with E-state index in [4.69, 9.17) is 4.74 Å². The zero-order valence-electron chi connectivity index (χ0n) is 12.2. The second-order valence-corrected chi connectivity index (χ2v) is 4.56. The summed E-state index contributed by atoms with van der Waals surface area (Å²) in [5.41, 5.74) is -1.04. The molecule has 23 heavy (non-hydrogen) atoms. The maximum Gasteiger partial charge on any atom is 0.201 e. The van der Waals surface area contributed by atoms with Crippen LogP contribution in [0.3, 0.4) is 0 Å². The van der Waals surface area contributed by atoms with Gasteiger partial charge in [0.25, 0.3) is 0 Å². The molecule has 0 spiro atoms. The monoisotopic (exact) mass is 328 g/mol. The van der Waals surface area contributed by atoms with Crippen LogP contribution in [0.25, 0.3) is 17.2 Å². The molecule has 1 nitrogen and oxygen atoms in total. The Bertz CT molecular complexity index is 740. The summed E-state index contributed by atoms with van der Waals surface area (Å²) >= 11 is 0. The molecule has 0 unspecified atom stereocenters. The highest BCUT2D eigenvalue weighted by Gasteiger charge is 2.20. The van der Waals surface area contributed by atoms with E-state index in [1.807, 2.05) is 0 Å².